The number of aromatic nitrogens is 3. The minimum Gasteiger partial charge on any atom is -0.497 e. The van der Waals surface area contributed by atoms with E-state index >= 15 is 0 Å². The number of pyridine rings is 1. The number of anilines is 3. The Morgan fingerprint density at radius 3 is 2.38 bits per heavy atom. The molecule has 0 fully saturated rings. The van der Waals surface area contributed by atoms with Crippen LogP contribution in [0.2, 0.25) is 0 Å². The highest BCUT2D eigenvalue weighted by molar-refractivity contribution is 6.07. The number of benzene rings is 4. The summed E-state index contributed by atoms with van der Waals surface area (Å²) in [5.74, 6) is 2.27. The van der Waals surface area contributed by atoms with Gasteiger partial charge >= 0.3 is 6.03 Å². The number of hydrogen-bond acceptors (Lipinski definition) is 7. The number of unbranched alkanes of at least 4 members (excludes halogenated alkanes) is 1. The van der Waals surface area contributed by atoms with E-state index in [0.29, 0.717) is 29.6 Å². The van der Waals surface area contributed by atoms with Crippen LogP contribution in [-0.4, -0.2) is 40.4 Å². The first-order valence-electron chi connectivity index (χ1n) is 17.4. The lowest BCUT2D eigenvalue weighted by Gasteiger charge is -2.15. The van der Waals surface area contributed by atoms with Crippen LogP contribution in [0.4, 0.5) is 22.1 Å². The van der Waals surface area contributed by atoms with Gasteiger partial charge in [-0.1, -0.05) is 67.4 Å². The van der Waals surface area contributed by atoms with Gasteiger partial charge in [0.1, 0.15) is 29.7 Å². The quantitative estimate of drug-likeness (QED) is 0.0855. The number of urea groups is 1. The maximum absolute atomic E-state index is 13.4. The molecule has 2 aromatic heterocycles. The molecule has 0 spiro atoms. The maximum Gasteiger partial charge on any atom is 0.324 e. The molecule has 0 aliphatic heterocycles. The number of carbonyl (C=O) groups is 2. The second-order valence-corrected chi connectivity index (χ2v) is 12.4. The number of hydrogen-bond donors (Lipinski definition) is 4. The van der Waals surface area contributed by atoms with Crippen molar-refractivity contribution in [3.05, 3.63) is 132 Å². The van der Waals surface area contributed by atoms with Gasteiger partial charge in [0.15, 0.2) is 0 Å². The Bertz CT molecular complexity index is 2130. The Balaban J connectivity index is 1.08. The monoisotopic (exact) mass is 697 g/mol. The van der Waals surface area contributed by atoms with Crippen LogP contribution < -0.4 is 30.7 Å². The second kappa shape index (κ2) is 17.1. The number of nitrogens with zero attached hydrogens (tertiary/aromatic N) is 3. The highest BCUT2D eigenvalue weighted by atomic mass is 16.5. The molecule has 6 rings (SSSR count). The fourth-order valence-corrected chi connectivity index (χ4v) is 5.70. The maximum atomic E-state index is 13.4. The first kappa shape index (κ1) is 35.6. The van der Waals surface area contributed by atoms with E-state index in [0.717, 1.165) is 63.9 Å². The summed E-state index contributed by atoms with van der Waals surface area (Å²) < 4.78 is 13.2. The predicted octanol–water partition coefficient (Wildman–Crippen LogP) is 8.03. The van der Waals surface area contributed by atoms with Crippen molar-refractivity contribution in [3.63, 3.8) is 0 Å². The van der Waals surface area contributed by atoms with Gasteiger partial charge in [-0.05, 0) is 79.4 Å². The van der Waals surface area contributed by atoms with Gasteiger partial charge in [0.25, 0.3) is 0 Å². The minimum absolute atomic E-state index is 0.134. The largest absolute Gasteiger partial charge is 0.497 e. The van der Waals surface area contributed by atoms with Gasteiger partial charge in [0, 0.05) is 29.6 Å². The van der Waals surface area contributed by atoms with E-state index in [1.54, 1.807) is 24.1 Å². The lowest BCUT2D eigenvalue weighted by Crippen LogP contribution is -2.28. The van der Waals surface area contributed by atoms with Crippen molar-refractivity contribution in [3.8, 4) is 17.2 Å². The lowest BCUT2D eigenvalue weighted by molar-refractivity contribution is -0.115. The number of methoxy groups -OCH3 is 1. The summed E-state index contributed by atoms with van der Waals surface area (Å²) in [6.45, 7) is 5.12. The average Bonchev–Trinajstić information content (AvgIpc) is 3.56. The molecule has 6 aromatic rings. The van der Waals surface area contributed by atoms with Gasteiger partial charge in [-0.2, -0.15) is 5.10 Å². The fraction of sp³-hybridized carbons (Fsp3) is 0.220. The van der Waals surface area contributed by atoms with E-state index in [1.807, 2.05) is 104 Å². The zero-order valence-corrected chi connectivity index (χ0v) is 29.6. The van der Waals surface area contributed by atoms with Crippen LogP contribution in [0.5, 0.6) is 11.5 Å². The highest BCUT2D eigenvalue weighted by Gasteiger charge is 2.15. The third kappa shape index (κ3) is 9.32. The van der Waals surface area contributed by atoms with Crippen LogP contribution in [0.15, 0.2) is 109 Å². The minimum atomic E-state index is -0.378. The molecular weight excluding hydrogens is 654 g/mol. The zero-order valence-electron chi connectivity index (χ0n) is 29.6. The van der Waals surface area contributed by atoms with Crippen LogP contribution in [0.3, 0.4) is 0 Å². The van der Waals surface area contributed by atoms with Crippen molar-refractivity contribution in [2.75, 3.05) is 29.6 Å². The van der Waals surface area contributed by atoms with Crippen LogP contribution in [0, 0.1) is 6.92 Å². The number of fused-ring (bicyclic) bond motifs is 1. The summed E-state index contributed by atoms with van der Waals surface area (Å²) in [7, 11) is 1.63. The number of amides is 3. The van der Waals surface area contributed by atoms with E-state index in [1.165, 1.54) is 0 Å². The summed E-state index contributed by atoms with van der Waals surface area (Å²) in [5, 5.41) is 18.5. The topological polar surface area (TPSA) is 131 Å². The molecule has 266 valence electrons. The Labute approximate surface area is 303 Å². The van der Waals surface area contributed by atoms with Crippen molar-refractivity contribution < 1.29 is 19.1 Å². The molecule has 0 unspecified atom stereocenters. The standard InChI is InChI=1S/C41H43N7O4/c1-4-5-8-31-24-39(48(47-31)32-15-11-28(2)12-16-32)46-41(50)44-36-19-20-37(35-10-7-6-9-34(35)36)52-27-30-21-22-43-38(23-30)45-40(49)26-42-25-29-13-17-33(51-3)18-14-29/h6-7,9-24,42H,4-5,8,25-27H2,1-3H3,(H,43,45,49)(H2,44,46,50). The van der Waals surface area contributed by atoms with Crippen LogP contribution in [0.1, 0.15) is 42.1 Å². The van der Waals surface area contributed by atoms with Gasteiger partial charge in [-0.15, -0.1) is 0 Å². The molecule has 0 aliphatic rings. The van der Waals surface area contributed by atoms with Gasteiger partial charge in [-0.25, -0.2) is 14.5 Å². The van der Waals surface area contributed by atoms with Crippen molar-refractivity contribution >= 4 is 40.0 Å². The summed E-state index contributed by atoms with van der Waals surface area (Å²) in [4.78, 5) is 30.3. The number of carbonyl (C=O) groups excluding carboxylic acids is 2. The molecule has 0 saturated heterocycles. The number of rotatable bonds is 15. The lowest BCUT2D eigenvalue weighted by atomic mass is 10.1. The average molecular weight is 698 g/mol. The molecular formula is C41H43N7O4. The molecule has 0 bridgehead atoms. The van der Waals surface area contributed by atoms with Crippen LogP contribution in [0.25, 0.3) is 16.5 Å². The molecule has 0 saturated carbocycles. The molecule has 11 nitrogen and oxygen atoms in total. The molecule has 4 N–H and O–H groups in total. The number of aryl methyl sites for hydroxylation is 2. The highest BCUT2D eigenvalue weighted by Crippen LogP contribution is 2.32. The van der Waals surface area contributed by atoms with E-state index in [2.05, 4.69) is 33.2 Å². The fourth-order valence-electron chi connectivity index (χ4n) is 5.70. The third-order valence-electron chi connectivity index (χ3n) is 8.46. The molecule has 4 aromatic carbocycles. The summed E-state index contributed by atoms with van der Waals surface area (Å²) in [5.41, 5.74) is 5.47. The van der Waals surface area contributed by atoms with E-state index in [4.69, 9.17) is 14.6 Å². The van der Waals surface area contributed by atoms with Crippen LogP contribution in [-0.2, 0) is 24.4 Å². The SMILES string of the molecule is CCCCc1cc(NC(=O)Nc2ccc(OCc3ccnc(NC(=O)CNCc4ccc(OC)cc4)c3)c3ccccc23)n(-c2ccc(C)cc2)n1. The summed E-state index contributed by atoms with van der Waals surface area (Å²) >= 11 is 0. The van der Waals surface area contributed by atoms with Crippen molar-refractivity contribution in [2.45, 2.75) is 46.3 Å². The molecule has 2 heterocycles. The molecule has 11 heteroatoms. The van der Waals surface area contributed by atoms with Crippen molar-refractivity contribution in [1.29, 1.82) is 0 Å². The third-order valence-corrected chi connectivity index (χ3v) is 8.46. The van der Waals surface area contributed by atoms with Crippen molar-refractivity contribution in [1.82, 2.24) is 20.1 Å². The zero-order chi connectivity index (χ0) is 36.3. The first-order valence-corrected chi connectivity index (χ1v) is 17.4. The van der Waals surface area contributed by atoms with Gasteiger partial charge in [0.2, 0.25) is 5.91 Å². The smallest absolute Gasteiger partial charge is 0.324 e. The predicted molar refractivity (Wildman–Crippen MR) is 205 cm³/mol. The van der Waals surface area contributed by atoms with Crippen LogP contribution >= 0.6 is 0 Å². The van der Waals surface area contributed by atoms with Gasteiger partial charge in [0.05, 0.1) is 30.7 Å². The van der Waals surface area contributed by atoms with Crippen molar-refractivity contribution in [2.24, 2.45) is 0 Å². The van der Waals surface area contributed by atoms with Gasteiger partial charge in [-0.3, -0.25) is 10.1 Å². The molecule has 0 atom stereocenters. The Morgan fingerprint density at radius 1 is 0.827 bits per heavy atom. The second-order valence-electron chi connectivity index (χ2n) is 12.4. The normalized spacial score (nSPS) is 10.9. The summed E-state index contributed by atoms with van der Waals surface area (Å²) in [6, 6.07) is 32.3. The molecule has 0 aliphatic carbocycles. The Kier molecular flexibility index (Phi) is 11.7. The Hall–Kier alpha value is -6.20. The molecule has 0 radical (unpaired) electrons. The summed E-state index contributed by atoms with van der Waals surface area (Å²) in [6.07, 6.45) is 4.54. The number of ether oxygens (including phenoxy) is 2. The molecule has 3 amide bonds. The number of nitrogens with one attached hydrogen (secondary N) is 4. The van der Waals surface area contributed by atoms with E-state index < -0.39 is 0 Å². The molecule has 52 heavy (non-hydrogen) atoms. The first-order chi connectivity index (χ1) is 25.4. The van der Waals surface area contributed by atoms with E-state index in [9.17, 15) is 9.59 Å². The Morgan fingerprint density at radius 2 is 1.62 bits per heavy atom. The van der Waals surface area contributed by atoms with E-state index in [-0.39, 0.29) is 25.1 Å². The van der Waals surface area contributed by atoms with Gasteiger partial charge < -0.3 is 25.4 Å².